The topological polar surface area (TPSA) is 76.7 Å². The SMILES string of the molecule is COc1cc(-c2ccc(C=O)o2)c(I)cc1C(=O)O. The van der Waals surface area contributed by atoms with Gasteiger partial charge in [0.25, 0.3) is 0 Å². The molecule has 1 N–H and O–H groups in total. The highest BCUT2D eigenvalue weighted by atomic mass is 127. The number of carboxylic acids is 1. The first kappa shape index (κ1) is 13.6. The monoisotopic (exact) mass is 372 g/mol. The van der Waals surface area contributed by atoms with Crippen LogP contribution in [0.3, 0.4) is 0 Å². The lowest BCUT2D eigenvalue weighted by molar-refractivity contribution is 0.0693. The summed E-state index contributed by atoms with van der Waals surface area (Å²) in [4.78, 5) is 21.7. The molecule has 2 aromatic rings. The third-order valence-corrected chi connectivity index (χ3v) is 3.42. The number of hydrogen-bond donors (Lipinski definition) is 1. The second-order valence-electron chi connectivity index (χ2n) is 3.66. The Labute approximate surface area is 122 Å². The van der Waals surface area contributed by atoms with Gasteiger partial charge >= 0.3 is 5.97 Å². The maximum atomic E-state index is 11.1. The second-order valence-corrected chi connectivity index (χ2v) is 4.82. The smallest absolute Gasteiger partial charge is 0.339 e. The number of carbonyl (C=O) groups excluding carboxylic acids is 1. The first-order valence-electron chi connectivity index (χ1n) is 5.23. The lowest BCUT2D eigenvalue weighted by atomic mass is 10.1. The number of rotatable bonds is 4. The summed E-state index contributed by atoms with van der Waals surface area (Å²) in [6.45, 7) is 0. The molecule has 0 aliphatic heterocycles. The van der Waals surface area contributed by atoms with Gasteiger partial charge < -0.3 is 14.3 Å². The summed E-state index contributed by atoms with van der Waals surface area (Å²) in [5.74, 6) is -0.116. The Hall–Kier alpha value is -1.83. The van der Waals surface area contributed by atoms with Crippen molar-refractivity contribution in [3.63, 3.8) is 0 Å². The molecule has 0 unspecified atom stereocenters. The molecule has 1 aromatic heterocycles. The molecule has 0 aliphatic rings. The number of carbonyl (C=O) groups is 2. The van der Waals surface area contributed by atoms with Crippen LogP contribution in [0.1, 0.15) is 20.9 Å². The van der Waals surface area contributed by atoms with Crippen molar-refractivity contribution >= 4 is 34.8 Å². The molecule has 0 aliphatic carbocycles. The summed E-state index contributed by atoms with van der Waals surface area (Å²) in [6.07, 6.45) is 0.610. The van der Waals surface area contributed by atoms with E-state index >= 15 is 0 Å². The Morgan fingerprint density at radius 3 is 2.68 bits per heavy atom. The number of halogens is 1. The molecule has 6 heteroatoms. The van der Waals surface area contributed by atoms with Crippen LogP contribution in [0, 0.1) is 3.57 Å². The average Bonchev–Trinajstić information content (AvgIpc) is 2.86. The van der Waals surface area contributed by atoms with Crippen LogP contribution in [-0.4, -0.2) is 24.5 Å². The van der Waals surface area contributed by atoms with Crippen molar-refractivity contribution in [3.05, 3.63) is 39.2 Å². The van der Waals surface area contributed by atoms with Gasteiger partial charge in [-0.2, -0.15) is 0 Å². The van der Waals surface area contributed by atoms with Crippen LogP contribution in [-0.2, 0) is 0 Å². The first-order valence-corrected chi connectivity index (χ1v) is 6.31. The molecule has 2 rings (SSSR count). The minimum absolute atomic E-state index is 0.0813. The van der Waals surface area contributed by atoms with Gasteiger partial charge in [0.1, 0.15) is 17.1 Å². The Kier molecular flexibility index (Phi) is 3.89. The number of carboxylic acid groups (broad SMARTS) is 1. The minimum atomic E-state index is -1.06. The highest BCUT2D eigenvalue weighted by Gasteiger charge is 2.17. The molecule has 0 radical (unpaired) electrons. The van der Waals surface area contributed by atoms with Crippen molar-refractivity contribution in [2.24, 2.45) is 0 Å². The van der Waals surface area contributed by atoms with Gasteiger partial charge in [0.15, 0.2) is 12.0 Å². The summed E-state index contributed by atoms with van der Waals surface area (Å²) >= 11 is 2.01. The van der Waals surface area contributed by atoms with E-state index < -0.39 is 5.97 Å². The van der Waals surface area contributed by atoms with Crippen molar-refractivity contribution < 1.29 is 23.8 Å². The molecule has 0 fully saturated rings. The molecule has 0 saturated carbocycles. The normalized spacial score (nSPS) is 10.2. The van der Waals surface area contributed by atoms with Gasteiger partial charge in [0.05, 0.1) is 7.11 Å². The number of aldehydes is 1. The molecule has 0 amide bonds. The van der Waals surface area contributed by atoms with Crippen LogP contribution in [0.15, 0.2) is 28.7 Å². The van der Waals surface area contributed by atoms with E-state index in [0.717, 1.165) is 0 Å². The molecular formula is C13H9IO5. The molecule has 98 valence electrons. The van der Waals surface area contributed by atoms with Crippen LogP contribution in [0.2, 0.25) is 0 Å². The highest BCUT2D eigenvalue weighted by molar-refractivity contribution is 14.1. The van der Waals surface area contributed by atoms with E-state index in [2.05, 4.69) is 0 Å². The Morgan fingerprint density at radius 2 is 2.16 bits per heavy atom. The maximum absolute atomic E-state index is 11.1. The average molecular weight is 372 g/mol. The van der Waals surface area contributed by atoms with E-state index in [0.29, 0.717) is 21.2 Å². The van der Waals surface area contributed by atoms with Gasteiger partial charge in [-0.15, -0.1) is 0 Å². The van der Waals surface area contributed by atoms with Crippen molar-refractivity contribution in [2.45, 2.75) is 0 Å². The molecule has 19 heavy (non-hydrogen) atoms. The summed E-state index contributed by atoms with van der Waals surface area (Å²) in [6, 6.07) is 6.29. The summed E-state index contributed by atoms with van der Waals surface area (Å²) in [5, 5.41) is 9.07. The zero-order valence-corrected chi connectivity index (χ0v) is 12.0. The van der Waals surface area contributed by atoms with Gasteiger partial charge in [0, 0.05) is 9.13 Å². The van der Waals surface area contributed by atoms with E-state index in [1.54, 1.807) is 18.2 Å². The second kappa shape index (κ2) is 5.43. The van der Waals surface area contributed by atoms with Gasteiger partial charge in [-0.05, 0) is 46.9 Å². The summed E-state index contributed by atoms with van der Waals surface area (Å²) < 4.78 is 11.1. The number of ether oxygens (including phenoxy) is 1. The van der Waals surface area contributed by atoms with Gasteiger partial charge in [0.2, 0.25) is 0 Å². The molecule has 5 nitrogen and oxygen atoms in total. The van der Waals surface area contributed by atoms with Crippen molar-refractivity contribution in [3.8, 4) is 17.1 Å². The van der Waals surface area contributed by atoms with Crippen LogP contribution in [0.5, 0.6) is 5.75 Å². The number of furan rings is 1. The molecule has 1 heterocycles. The quantitative estimate of drug-likeness (QED) is 0.660. The van der Waals surface area contributed by atoms with Gasteiger partial charge in [-0.3, -0.25) is 4.79 Å². The Bertz CT molecular complexity index is 644. The lowest BCUT2D eigenvalue weighted by Crippen LogP contribution is -2.01. The number of benzene rings is 1. The van der Waals surface area contributed by atoms with E-state index in [1.165, 1.54) is 13.2 Å². The summed E-state index contributed by atoms with van der Waals surface area (Å²) in [5.41, 5.74) is 0.758. The summed E-state index contributed by atoms with van der Waals surface area (Å²) in [7, 11) is 1.40. The molecule has 0 atom stereocenters. The van der Waals surface area contributed by atoms with E-state index in [4.69, 9.17) is 14.3 Å². The fraction of sp³-hybridized carbons (Fsp3) is 0.0769. The number of methoxy groups -OCH3 is 1. The number of hydrogen-bond acceptors (Lipinski definition) is 4. The Morgan fingerprint density at radius 1 is 1.42 bits per heavy atom. The highest BCUT2D eigenvalue weighted by Crippen LogP contribution is 2.33. The first-order chi connectivity index (χ1) is 9.06. The largest absolute Gasteiger partial charge is 0.496 e. The standard InChI is InChI=1S/C13H9IO5/c1-18-12-5-8(10(14)4-9(12)13(16)17)11-3-2-7(6-15)19-11/h2-6H,1H3,(H,16,17). The van der Waals surface area contributed by atoms with Gasteiger partial charge in [-0.25, -0.2) is 4.79 Å². The predicted octanol–water partition coefficient (Wildman–Crippen LogP) is 3.07. The van der Waals surface area contributed by atoms with Gasteiger partial charge in [-0.1, -0.05) is 0 Å². The van der Waals surface area contributed by atoms with Crippen LogP contribution >= 0.6 is 22.6 Å². The third kappa shape index (κ3) is 2.62. The zero-order valence-electron chi connectivity index (χ0n) is 9.84. The van der Waals surface area contributed by atoms with Crippen LogP contribution in [0.25, 0.3) is 11.3 Å². The van der Waals surface area contributed by atoms with E-state index in [9.17, 15) is 9.59 Å². The van der Waals surface area contributed by atoms with Crippen molar-refractivity contribution in [2.75, 3.05) is 7.11 Å². The number of aromatic carboxylic acids is 1. The molecule has 1 aromatic carbocycles. The molecule has 0 bridgehead atoms. The van der Waals surface area contributed by atoms with Crippen molar-refractivity contribution in [1.29, 1.82) is 0 Å². The molecule has 0 saturated heterocycles. The van der Waals surface area contributed by atoms with E-state index in [-0.39, 0.29) is 17.1 Å². The fourth-order valence-electron chi connectivity index (χ4n) is 1.64. The predicted molar refractivity (Wildman–Crippen MR) is 75.8 cm³/mol. The third-order valence-electron chi connectivity index (χ3n) is 2.53. The molecule has 0 spiro atoms. The fourth-order valence-corrected chi connectivity index (χ4v) is 2.37. The zero-order chi connectivity index (χ0) is 14.0. The van der Waals surface area contributed by atoms with Crippen molar-refractivity contribution in [1.82, 2.24) is 0 Å². The van der Waals surface area contributed by atoms with E-state index in [1.807, 2.05) is 22.6 Å². The maximum Gasteiger partial charge on any atom is 0.339 e. The Balaban J connectivity index is 2.58. The minimum Gasteiger partial charge on any atom is -0.496 e. The molecular weight excluding hydrogens is 363 g/mol. The lowest BCUT2D eigenvalue weighted by Gasteiger charge is -2.09. The van der Waals surface area contributed by atoms with Crippen LogP contribution < -0.4 is 4.74 Å². The van der Waals surface area contributed by atoms with Crippen LogP contribution in [0.4, 0.5) is 0 Å².